The van der Waals surface area contributed by atoms with E-state index in [1.807, 2.05) is 27.7 Å². The zero-order valence-corrected chi connectivity index (χ0v) is 16.6. The van der Waals surface area contributed by atoms with Crippen LogP contribution < -0.4 is 15.7 Å². The second-order valence-corrected chi connectivity index (χ2v) is 7.65. The van der Waals surface area contributed by atoms with Gasteiger partial charge in [0.05, 0.1) is 6.54 Å². The zero-order valence-electron chi connectivity index (χ0n) is 16.6. The van der Waals surface area contributed by atoms with E-state index in [1.165, 1.54) is 11.0 Å². The van der Waals surface area contributed by atoms with Gasteiger partial charge in [0.1, 0.15) is 11.3 Å². The minimum atomic E-state index is -0.430. The fourth-order valence-electron chi connectivity index (χ4n) is 2.67. The van der Waals surface area contributed by atoms with E-state index in [1.54, 1.807) is 26.1 Å². The van der Waals surface area contributed by atoms with Crippen LogP contribution in [0, 0.1) is 13.8 Å². The smallest absolute Gasteiger partial charge is 0.336 e. The number of hydrogen-bond donors (Lipinski definition) is 1. The Balaban J connectivity index is 2.05. The first kappa shape index (κ1) is 20.5. The van der Waals surface area contributed by atoms with Crippen molar-refractivity contribution >= 4 is 22.8 Å². The highest BCUT2D eigenvalue weighted by Crippen LogP contribution is 2.28. The number of rotatable bonds is 5. The van der Waals surface area contributed by atoms with Crippen LogP contribution >= 0.6 is 0 Å². The van der Waals surface area contributed by atoms with Crippen LogP contribution in [0.2, 0.25) is 0 Å². The van der Waals surface area contributed by atoms with Crippen LogP contribution in [0.25, 0.3) is 11.0 Å². The lowest BCUT2D eigenvalue weighted by Crippen LogP contribution is -2.47. The van der Waals surface area contributed by atoms with Gasteiger partial charge in [-0.05, 0) is 52.3 Å². The SMILES string of the molecule is Cc1cc(=O)oc2c(C)c(OCC(=O)N(C)CC(=O)NC(C)(C)C)ccc12. The number of benzene rings is 1. The minimum Gasteiger partial charge on any atom is -0.483 e. The van der Waals surface area contributed by atoms with Crippen LogP contribution in [0.15, 0.2) is 27.4 Å². The molecule has 0 saturated carbocycles. The second kappa shape index (κ2) is 7.82. The third kappa shape index (κ3) is 5.32. The fraction of sp³-hybridized carbons (Fsp3) is 0.450. The summed E-state index contributed by atoms with van der Waals surface area (Å²) in [5.41, 5.74) is 1.12. The Morgan fingerprint density at radius 1 is 1.22 bits per heavy atom. The zero-order chi connectivity index (χ0) is 20.4. The van der Waals surface area contributed by atoms with Crippen molar-refractivity contribution in [2.75, 3.05) is 20.2 Å². The van der Waals surface area contributed by atoms with Crippen LogP contribution in [0.1, 0.15) is 31.9 Å². The van der Waals surface area contributed by atoms with E-state index in [9.17, 15) is 14.4 Å². The molecule has 0 saturated heterocycles. The minimum absolute atomic E-state index is 0.0514. The molecule has 0 spiro atoms. The molecule has 0 aliphatic rings. The van der Waals surface area contributed by atoms with Crippen molar-refractivity contribution < 1.29 is 18.7 Å². The molecule has 1 N–H and O–H groups in total. The number of carbonyl (C=O) groups is 2. The molecular formula is C20H26N2O5. The predicted octanol–water partition coefficient (Wildman–Crippen LogP) is 2.16. The van der Waals surface area contributed by atoms with Gasteiger partial charge in [0, 0.05) is 29.6 Å². The number of fused-ring (bicyclic) bond motifs is 1. The maximum Gasteiger partial charge on any atom is 0.336 e. The summed E-state index contributed by atoms with van der Waals surface area (Å²) in [5.74, 6) is -0.112. The highest BCUT2D eigenvalue weighted by atomic mass is 16.5. The van der Waals surface area contributed by atoms with E-state index in [2.05, 4.69) is 5.32 Å². The number of hydrogen-bond acceptors (Lipinski definition) is 5. The summed E-state index contributed by atoms with van der Waals surface area (Å²) in [6.45, 7) is 8.95. The number of aryl methyl sites for hydroxylation is 2. The Hall–Kier alpha value is -2.83. The van der Waals surface area contributed by atoms with Crippen LogP contribution in [0.3, 0.4) is 0 Å². The molecule has 2 rings (SSSR count). The van der Waals surface area contributed by atoms with Crippen LogP contribution in [0.4, 0.5) is 0 Å². The van der Waals surface area contributed by atoms with E-state index in [0.29, 0.717) is 16.9 Å². The van der Waals surface area contributed by atoms with Crippen molar-refractivity contribution in [3.8, 4) is 5.75 Å². The Labute approximate surface area is 158 Å². The van der Waals surface area contributed by atoms with Crippen LogP contribution in [-0.4, -0.2) is 42.5 Å². The summed E-state index contributed by atoms with van der Waals surface area (Å²) in [4.78, 5) is 37.1. The molecule has 27 heavy (non-hydrogen) atoms. The lowest BCUT2D eigenvalue weighted by Gasteiger charge is -2.23. The molecule has 0 unspecified atom stereocenters. The first-order chi connectivity index (χ1) is 12.5. The molecular weight excluding hydrogens is 348 g/mol. The average Bonchev–Trinajstić information content (AvgIpc) is 2.52. The summed E-state index contributed by atoms with van der Waals surface area (Å²) >= 11 is 0. The summed E-state index contributed by atoms with van der Waals surface area (Å²) in [5, 5.41) is 3.62. The van der Waals surface area contributed by atoms with Gasteiger partial charge in [-0.15, -0.1) is 0 Å². The highest BCUT2D eigenvalue weighted by Gasteiger charge is 2.18. The van der Waals surface area contributed by atoms with Gasteiger partial charge in [-0.1, -0.05) is 0 Å². The third-order valence-electron chi connectivity index (χ3n) is 3.99. The molecule has 0 atom stereocenters. The molecule has 7 heteroatoms. The van der Waals surface area contributed by atoms with Gasteiger partial charge in [0.2, 0.25) is 5.91 Å². The molecule has 146 valence electrons. The van der Waals surface area contributed by atoms with Gasteiger partial charge < -0.3 is 19.4 Å². The van der Waals surface area contributed by atoms with Gasteiger partial charge >= 0.3 is 5.63 Å². The van der Waals surface area contributed by atoms with Crippen molar-refractivity contribution in [2.45, 2.75) is 40.2 Å². The Morgan fingerprint density at radius 2 is 1.89 bits per heavy atom. The Bertz CT molecular complexity index is 924. The molecule has 0 aliphatic heterocycles. The number of amides is 2. The summed E-state index contributed by atoms with van der Waals surface area (Å²) in [7, 11) is 1.55. The van der Waals surface area contributed by atoms with Crippen molar-refractivity contribution in [2.24, 2.45) is 0 Å². The Kier molecular flexibility index (Phi) is 5.93. The van der Waals surface area contributed by atoms with E-state index in [0.717, 1.165) is 10.9 Å². The number of ether oxygens (including phenoxy) is 1. The topological polar surface area (TPSA) is 88.8 Å². The van der Waals surface area contributed by atoms with E-state index in [-0.39, 0.29) is 30.5 Å². The molecule has 1 heterocycles. The molecule has 1 aromatic heterocycles. The third-order valence-corrected chi connectivity index (χ3v) is 3.99. The van der Waals surface area contributed by atoms with Gasteiger partial charge in [-0.2, -0.15) is 0 Å². The van der Waals surface area contributed by atoms with Crippen molar-refractivity contribution in [3.63, 3.8) is 0 Å². The number of nitrogens with one attached hydrogen (secondary N) is 1. The van der Waals surface area contributed by atoms with E-state index in [4.69, 9.17) is 9.15 Å². The number of likely N-dealkylation sites (N-methyl/N-ethyl adjacent to an activating group) is 1. The van der Waals surface area contributed by atoms with Crippen molar-refractivity contribution in [1.82, 2.24) is 10.2 Å². The van der Waals surface area contributed by atoms with E-state index < -0.39 is 5.63 Å². The molecule has 0 fully saturated rings. The van der Waals surface area contributed by atoms with Gasteiger partial charge in [0.15, 0.2) is 6.61 Å². The normalized spacial score (nSPS) is 11.3. The van der Waals surface area contributed by atoms with Crippen LogP contribution in [0.5, 0.6) is 5.75 Å². The van der Waals surface area contributed by atoms with Crippen molar-refractivity contribution in [1.29, 1.82) is 0 Å². The molecule has 1 aromatic carbocycles. The van der Waals surface area contributed by atoms with Crippen molar-refractivity contribution in [3.05, 3.63) is 39.7 Å². The van der Waals surface area contributed by atoms with Gasteiger partial charge in [-0.3, -0.25) is 9.59 Å². The lowest BCUT2D eigenvalue weighted by molar-refractivity contribution is -0.136. The second-order valence-electron chi connectivity index (χ2n) is 7.65. The van der Waals surface area contributed by atoms with Gasteiger partial charge in [-0.25, -0.2) is 4.79 Å². The molecule has 0 bridgehead atoms. The summed E-state index contributed by atoms with van der Waals surface area (Å²) < 4.78 is 10.9. The number of carbonyl (C=O) groups excluding carboxylic acids is 2. The molecule has 0 radical (unpaired) electrons. The standard InChI is InChI=1S/C20H26N2O5/c1-12-9-18(25)27-19-13(2)15(8-7-14(12)19)26-11-17(24)22(6)10-16(23)21-20(3,4)5/h7-9H,10-11H2,1-6H3,(H,21,23). The summed E-state index contributed by atoms with van der Waals surface area (Å²) in [6, 6.07) is 4.97. The Morgan fingerprint density at radius 3 is 2.52 bits per heavy atom. The fourth-order valence-corrected chi connectivity index (χ4v) is 2.67. The largest absolute Gasteiger partial charge is 0.483 e. The molecule has 0 aliphatic carbocycles. The molecule has 2 amide bonds. The van der Waals surface area contributed by atoms with E-state index >= 15 is 0 Å². The molecule has 7 nitrogen and oxygen atoms in total. The van der Waals surface area contributed by atoms with Gasteiger partial charge in [0.25, 0.3) is 5.91 Å². The highest BCUT2D eigenvalue weighted by molar-refractivity contribution is 5.86. The number of nitrogens with zero attached hydrogens (tertiary/aromatic N) is 1. The first-order valence-electron chi connectivity index (χ1n) is 8.70. The molecule has 2 aromatic rings. The maximum absolute atomic E-state index is 12.2. The predicted molar refractivity (Wildman–Crippen MR) is 103 cm³/mol. The summed E-state index contributed by atoms with van der Waals surface area (Å²) in [6.07, 6.45) is 0. The van der Waals surface area contributed by atoms with Crippen LogP contribution in [-0.2, 0) is 9.59 Å². The lowest BCUT2D eigenvalue weighted by atomic mass is 10.1. The monoisotopic (exact) mass is 374 g/mol. The maximum atomic E-state index is 12.2. The first-order valence-corrected chi connectivity index (χ1v) is 8.70. The average molecular weight is 374 g/mol. The quantitative estimate of drug-likeness (QED) is 0.810.